The van der Waals surface area contributed by atoms with Gasteiger partial charge in [-0.05, 0) is 31.6 Å². The zero-order chi connectivity index (χ0) is 14.2. The molecular weight excluding hydrogens is 258 g/mol. The summed E-state index contributed by atoms with van der Waals surface area (Å²) in [5.74, 6) is 0.266. The third-order valence-corrected chi connectivity index (χ3v) is 4.53. The lowest BCUT2D eigenvalue weighted by Crippen LogP contribution is -2.55. The van der Waals surface area contributed by atoms with Crippen LogP contribution in [0.25, 0.3) is 0 Å². The van der Waals surface area contributed by atoms with Crippen LogP contribution in [0.15, 0.2) is 12.2 Å². The summed E-state index contributed by atoms with van der Waals surface area (Å²) >= 11 is 0. The molecule has 1 unspecified atom stereocenters. The third-order valence-electron chi connectivity index (χ3n) is 4.53. The number of hydrogen-bond acceptors (Lipinski definition) is 3. The maximum absolute atomic E-state index is 12.2. The van der Waals surface area contributed by atoms with Gasteiger partial charge in [-0.15, -0.1) is 0 Å². The second-order valence-corrected chi connectivity index (χ2v) is 5.84. The number of urea groups is 1. The van der Waals surface area contributed by atoms with Gasteiger partial charge in [-0.3, -0.25) is 14.9 Å². The van der Waals surface area contributed by atoms with Crippen LogP contribution in [0.1, 0.15) is 32.1 Å². The summed E-state index contributed by atoms with van der Waals surface area (Å²) in [7, 11) is 0. The van der Waals surface area contributed by atoms with Crippen LogP contribution in [0, 0.1) is 5.92 Å². The molecule has 108 valence electrons. The fourth-order valence-electron chi connectivity index (χ4n) is 3.24. The molecule has 2 aliphatic heterocycles. The zero-order valence-electron chi connectivity index (χ0n) is 11.4. The molecule has 1 aliphatic carbocycles. The van der Waals surface area contributed by atoms with Gasteiger partial charge in [0.25, 0.3) is 5.91 Å². The molecule has 6 nitrogen and oxygen atoms in total. The number of rotatable bonds is 2. The van der Waals surface area contributed by atoms with Crippen molar-refractivity contribution in [1.82, 2.24) is 15.5 Å². The van der Waals surface area contributed by atoms with E-state index in [9.17, 15) is 14.4 Å². The van der Waals surface area contributed by atoms with E-state index >= 15 is 0 Å². The van der Waals surface area contributed by atoms with Gasteiger partial charge in [0.05, 0.1) is 0 Å². The van der Waals surface area contributed by atoms with Crippen LogP contribution in [0.5, 0.6) is 0 Å². The molecule has 2 N–H and O–H groups in total. The van der Waals surface area contributed by atoms with Crippen molar-refractivity contribution >= 4 is 17.8 Å². The lowest BCUT2D eigenvalue weighted by atomic mass is 9.87. The number of nitrogens with zero attached hydrogens (tertiary/aromatic N) is 1. The van der Waals surface area contributed by atoms with Crippen molar-refractivity contribution in [1.29, 1.82) is 0 Å². The molecule has 1 spiro atoms. The summed E-state index contributed by atoms with van der Waals surface area (Å²) in [6.45, 7) is 1.06. The Morgan fingerprint density at radius 2 is 2.10 bits per heavy atom. The number of nitrogens with one attached hydrogen (secondary N) is 2. The molecule has 6 heteroatoms. The fraction of sp³-hybridized carbons (Fsp3) is 0.643. The SMILES string of the molecule is O=C1NC(=O)C2(CCN(C(=O)CC3C=CCC3)CC2)N1. The summed E-state index contributed by atoms with van der Waals surface area (Å²) in [5.41, 5.74) is -0.791. The molecular formula is C14H19N3O3. The van der Waals surface area contributed by atoms with Crippen molar-refractivity contribution < 1.29 is 14.4 Å². The number of allylic oxidation sites excluding steroid dienone is 2. The molecule has 20 heavy (non-hydrogen) atoms. The van der Waals surface area contributed by atoms with Crippen LogP contribution < -0.4 is 10.6 Å². The summed E-state index contributed by atoms with van der Waals surface area (Å²) < 4.78 is 0. The van der Waals surface area contributed by atoms with Gasteiger partial charge in [-0.2, -0.15) is 0 Å². The molecule has 0 aromatic heterocycles. The van der Waals surface area contributed by atoms with E-state index in [1.165, 1.54) is 0 Å². The monoisotopic (exact) mass is 277 g/mol. The highest BCUT2D eigenvalue weighted by molar-refractivity contribution is 6.07. The Hall–Kier alpha value is -1.85. The van der Waals surface area contributed by atoms with Crippen molar-refractivity contribution in [3.8, 4) is 0 Å². The maximum atomic E-state index is 12.2. The van der Waals surface area contributed by atoms with Crippen LogP contribution in [0.4, 0.5) is 4.79 Å². The number of carbonyl (C=O) groups excluding carboxylic acids is 3. The average molecular weight is 277 g/mol. The first-order chi connectivity index (χ1) is 9.59. The Morgan fingerprint density at radius 3 is 2.65 bits per heavy atom. The molecule has 0 saturated carbocycles. The summed E-state index contributed by atoms with van der Waals surface area (Å²) in [6.07, 6.45) is 7.92. The molecule has 3 aliphatic rings. The Balaban J connectivity index is 1.55. The average Bonchev–Trinajstić information content (AvgIpc) is 3.00. The van der Waals surface area contributed by atoms with Gasteiger partial charge in [0.1, 0.15) is 5.54 Å². The topological polar surface area (TPSA) is 78.5 Å². The largest absolute Gasteiger partial charge is 0.342 e. The molecule has 3 rings (SSSR count). The molecule has 4 amide bonds. The Labute approximate surface area is 117 Å². The zero-order valence-corrected chi connectivity index (χ0v) is 11.4. The minimum atomic E-state index is -0.791. The van der Waals surface area contributed by atoms with Crippen LogP contribution in [-0.2, 0) is 9.59 Å². The Bertz CT molecular complexity index is 478. The number of amides is 4. The number of imide groups is 1. The predicted octanol–water partition coefficient (Wildman–Crippen LogP) is 0.543. The minimum absolute atomic E-state index is 0.154. The van der Waals surface area contributed by atoms with Crippen LogP contribution in [0.3, 0.4) is 0 Å². The molecule has 2 saturated heterocycles. The summed E-state index contributed by atoms with van der Waals surface area (Å²) in [5, 5.41) is 4.98. The molecule has 0 aromatic rings. The number of hydrogen-bond donors (Lipinski definition) is 2. The normalized spacial score (nSPS) is 27.8. The standard InChI is InChI=1S/C14H19N3O3/c18-11(9-10-3-1-2-4-10)17-7-5-14(6-8-17)12(19)15-13(20)16-14/h1,3,10H,2,4-9H2,(H2,15,16,19,20). The van der Waals surface area contributed by atoms with E-state index in [-0.39, 0.29) is 11.8 Å². The molecule has 0 aromatic carbocycles. The smallest absolute Gasteiger partial charge is 0.322 e. The molecule has 0 radical (unpaired) electrons. The first kappa shape index (κ1) is 13.1. The van der Waals surface area contributed by atoms with E-state index in [1.54, 1.807) is 0 Å². The van der Waals surface area contributed by atoms with E-state index in [0.717, 1.165) is 12.8 Å². The second kappa shape index (κ2) is 4.92. The first-order valence-electron chi connectivity index (χ1n) is 7.17. The van der Waals surface area contributed by atoms with Gasteiger partial charge in [-0.1, -0.05) is 12.2 Å². The minimum Gasteiger partial charge on any atom is -0.342 e. The highest BCUT2D eigenvalue weighted by atomic mass is 16.2. The predicted molar refractivity (Wildman–Crippen MR) is 71.7 cm³/mol. The van der Waals surface area contributed by atoms with E-state index in [4.69, 9.17) is 0 Å². The van der Waals surface area contributed by atoms with Crippen molar-refractivity contribution in [3.05, 3.63) is 12.2 Å². The van der Waals surface area contributed by atoms with Gasteiger partial charge in [0, 0.05) is 19.5 Å². The van der Waals surface area contributed by atoms with Gasteiger partial charge in [0.2, 0.25) is 5.91 Å². The van der Waals surface area contributed by atoms with E-state index in [1.807, 2.05) is 4.90 Å². The highest BCUT2D eigenvalue weighted by Gasteiger charge is 2.48. The lowest BCUT2D eigenvalue weighted by molar-refractivity contribution is -0.136. The van der Waals surface area contributed by atoms with Gasteiger partial charge in [0.15, 0.2) is 0 Å². The summed E-state index contributed by atoms with van der Waals surface area (Å²) in [4.78, 5) is 37.1. The first-order valence-corrected chi connectivity index (χ1v) is 7.17. The van der Waals surface area contributed by atoms with Crippen molar-refractivity contribution in [2.45, 2.75) is 37.6 Å². The Kier molecular flexibility index (Phi) is 3.23. The summed E-state index contributed by atoms with van der Waals surface area (Å²) in [6, 6.07) is -0.425. The van der Waals surface area contributed by atoms with Crippen molar-refractivity contribution in [2.24, 2.45) is 5.92 Å². The van der Waals surface area contributed by atoms with Gasteiger partial charge < -0.3 is 10.2 Å². The van der Waals surface area contributed by atoms with Gasteiger partial charge >= 0.3 is 6.03 Å². The van der Waals surface area contributed by atoms with Gasteiger partial charge in [-0.25, -0.2) is 4.79 Å². The van der Waals surface area contributed by atoms with E-state index in [0.29, 0.717) is 38.3 Å². The molecule has 0 bridgehead atoms. The molecule has 2 fully saturated rings. The Morgan fingerprint density at radius 1 is 1.35 bits per heavy atom. The maximum Gasteiger partial charge on any atom is 0.322 e. The van der Waals surface area contributed by atoms with Crippen molar-refractivity contribution in [2.75, 3.05) is 13.1 Å². The number of carbonyl (C=O) groups is 3. The second-order valence-electron chi connectivity index (χ2n) is 5.84. The van der Waals surface area contributed by atoms with E-state index < -0.39 is 11.6 Å². The van der Waals surface area contributed by atoms with Crippen LogP contribution >= 0.6 is 0 Å². The quantitative estimate of drug-likeness (QED) is 0.571. The van der Waals surface area contributed by atoms with E-state index in [2.05, 4.69) is 22.8 Å². The number of piperidine rings is 1. The number of likely N-dealkylation sites (tertiary alicyclic amines) is 1. The molecule has 2 heterocycles. The fourth-order valence-corrected chi connectivity index (χ4v) is 3.24. The third kappa shape index (κ3) is 2.30. The van der Waals surface area contributed by atoms with Crippen LogP contribution in [-0.4, -0.2) is 41.4 Å². The van der Waals surface area contributed by atoms with Crippen LogP contribution in [0.2, 0.25) is 0 Å². The van der Waals surface area contributed by atoms with Crippen molar-refractivity contribution in [3.63, 3.8) is 0 Å². The highest BCUT2D eigenvalue weighted by Crippen LogP contribution is 2.27. The molecule has 1 atom stereocenters. The lowest BCUT2D eigenvalue weighted by Gasteiger charge is -2.37.